The van der Waals surface area contributed by atoms with E-state index in [9.17, 15) is 17.6 Å². The van der Waals surface area contributed by atoms with Crippen LogP contribution in [0, 0.1) is 11.7 Å². The van der Waals surface area contributed by atoms with Gasteiger partial charge < -0.3 is 14.6 Å². The molecule has 1 N–H and O–H groups in total. The van der Waals surface area contributed by atoms with Crippen molar-refractivity contribution in [2.24, 2.45) is 5.92 Å². The van der Waals surface area contributed by atoms with Gasteiger partial charge in [0.1, 0.15) is 10.7 Å². The maximum atomic E-state index is 14.0. The van der Waals surface area contributed by atoms with Crippen molar-refractivity contribution >= 4 is 16.0 Å². The zero-order valence-electron chi connectivity index (χ0n) is 11.4. The van der Waals surface area contributed by atoms with Crippen LogP contribution in [0.25, 0.3) is 0 Å². The van der Waals surface area contributed by atoms with Crippen LogP contribution in [0.1, 0.15) is 0 Å². The van der Waals surface area contributed by atoms with Crippen LogP contribution in [-0.2, 0) is 14.8 Å². The van der Waals surface area contributed by atoms with Crippen LogP contribution < -0.4 is 9.47 Å². The molecule has 21 heavy (non-hydrogen) atoms. The highest BCUT2D eigenvalue weighted by molar-refractivity contribution is 7.89. The summed E-state index contributed by atoms with van der Waals surface area (Å²) in [5.74, 6) is -2.67. The average molecular weight is 319 g/mol. The molecule has 1 aliphatic rings. The molecular formula is C12H14FNO6S. The third-order valence-electron chi connectivity index (χ3n) is 3.25. The normalized spacial score (nSPS) is 16.3. The van der Waals surface area contributed by atoms with E-state index in [0.717, 1.165) is 16.4 Å². The number of ether oxygens (including phenoxy) is 2. The van der Waals surface area contributed by atoms with Crippen LogP contribution in [-0.4, -0.2) is 51.1 Å². The minimum atomic E-state index is -4.10. The van der Waals surface area contributed by atoms with Gasteiger partial charge in [-0.15, -0.1) is 0 Å². The van der Waals surface area contributed by atoms with E-state index in [-0.39, 0.29) is 24.6 Å². The molecule has 0 aromatic heterocycles. The van der Waals surface area contributed by atoms with Gasteiger partial charge in [0, 0.05) is 25.2 Å². The summed E-state index contributed by atoms with van der Waals surface area (Å²) >= 11 is 0. The Morgan fingerprint density at radius 1 is 1.29 bits per heavy atom. The SMILES string of the molecule is COc1cc(F)c(S(=O)(=O)N2CC(C(=O)O)C2)cc1OC. The van der Waals surface area contributed by atoms with Gasteiger partial charge >= 0.3 is 5.97 Å². The van der Waals surface area contributed by atoms with Crippen molar-refractivity contribution in [2.75, 3.05) is 27.3 Å². The summed E-state index contributed by atoms with van der Waals surface area (Å²) in [6.07, 6.45) is 0. The Morgan fingerprint density at radius 3 is 2.29 bits per heavy atom. The fourth-order valence-corrected chi connectivity index (χ4v) is 3.55. The number of halogens is 1. The van der Waals surface area contributed by atoms with E-state index in [1.54, 1.807) is 0 Å². The standard InChI is InChI=1S/C12H14FNO6S/c1-19-9-3-8(13)11(4-10(9)20-2)21(17,18)14-5-7(6-14)12(15)16/h3-4,7H,5-6H2,1-2H3,(H,15,16). The molecule has 0 saturated carbocycles. The molecule has 1 aromatic rings. The molecule has 0 radical (unpaired) electrons. The number of nitrogens with zero attached hydrogens (tertiary/aromatic N) is 1. The topological polar surface area (TPSA) is 93.1 Å². The van der Waals surface area contributed by atoms with Crippen LogP contribution in [0.5, 0.6) is 11.5 Å². The Morgan fingerprint density at radius 2 is 1.81 bits per heavy atom. The van der Waals surface area contributed by atoms with Crippen molar-refractivity contribution < 1.29 is 32.2 Å². The lowest BCUT2D eigenvalue weighted by atomic mass is 10.0. The third kappa shape index (κ3) is 2.66. The number of rotatable bonds is 5. The van der Waals surface area contributed by atoms with E-state index >= 15 is 0 Å². The number of carbonyl (C=O) groups is 1. The molecular weight excluding hydrogens is 305 g/mol. The minimum Gasteiger partial charge on any atom is -0.493 e. The van der Waals surface area contributed by atoms with Gasteiger partial charge in [0.2, 0.25) is 10.0 Å². The molecule has 0 aliphatic carbocycles. The molecule has 9 heteroatoms. The zero-order valence-corrected chi connectivity index (χ0v) is 12.2. The Hall–Kier alpha value is -1.87. The number of sulfonamides is 1. The van der Waals surface area contributed by atoms with Crippen LogP contribution in [0.4, 0.5) is 4.39 Å². The van der Waals surface area contributed by atoms with Crippen LogP contribution in [0.3, 0.4) is 0 Å². The van der Waals surface area contributed by atoms with Crippen molar-refractivity contribution in [3.8, 4) is 11.5 Å². The van der Waals surface area contributed by atoms with Gasteiger partial charge in [-0.2, -0.15) is 4.31 Å². The van der Waals surface area contributed by atoms with Crippen molar-refractivity contribution in [3.63, 3.8) is 0 Å². The molecule has 1 fully saturated rings. The van der Waals surface area contributed by atoms with E-state index in [1.165, 1.54) is 14.2 Å². The van der Waals surface area contributed by atoms with Gasteiger partial charge in [-0.1, -0.05) is 0 Å². The summed E-state index contributed by atoms with van der Waals surface area (Å²) in [7, 11) is -1.49. The lowest BCUT2D eigenvalue weighted by Crippen LogP contribution is -2.52. The van der Waals surface area contributed by atoms with E-state index in [1.807, 2.05) is 0 Å². The molecule has 0 unspecified atom stereocenters. The Kier molecular flexibility index (Phi) is 4.06. The summed E-state index contributed by atoms with van der Waals surface area (Å²) in [4.78, 5) is 10.1. The second-order valence-corrected chi connectivity index (χ2v) is 6.40. The molecule has 1 saturated heterocycles. The lowest BCUT2D eigenvalue weighted by Gasteiger charge is -2.35. The lowest BCUT2D eigenvalue weighted by molar-refractivity contribution is -0.145. The minimum absolute atomic E-state index is 0.0703. The molecule has 0 atom stereocenters. The average Bonchev–Trinajstić information content (AvgIpc) is 2.35. The highest BCUT2D eigenvalue weighted by atomic mass is 32.2. The number of aliphatic carboxylic acids is 1. The predicted molar refractivity (Wildman–Crippen MR) is 69.4 cm³/mol. The van der Waals surface area contributed by atoms with Crippen LogP contribution >= 0.6 is 0 Å². The third-order valence-corrected chi connectivity index (χ3v) is 5.10. The van der Waals surface area contributed by atoms with E-state index < -0.39 is 32.6 Å². The first-order valence-corrected chi connectivity index (χ1v) is 7.39. The highest BCUT2D eigenvalue weighted by Gasteiger charge is 2.41. The first-order chi connectivity index (χ1) is 9.81. The molecule has 116 valence electrons. The zero-order chi connectivity index (χ0) is 15.8. The second kappa shape index (κ2) is 5.49. The van der Waals surface area contributed by atoms with Gasteiger partial charge in [0.15, 0.2) is 11.5 Å². The molecule has 2 rings (SSSR count). The smallest absolute Gasteiger partial charge is 0.309 e. The van der Waals surface area contributed by atoms with E-state index in [2.05, 4.69) is 0 Å². The maximum absolute atomic E-state index is 14.0. The van der Waals surface area contributed by atoms with Crippen molar-refractivity contribution in [3.05, 3.63) is 17.9 Å². The van der Waals surface area contributed by atoms with Crippen molar-refractivity contribution in [1.29, 1.82) is 0 Å². The largest absolute Gasteiger partial charge is 0.493 e. The summed E-state index contributed by atoms with van der Waals surface area (Å²) in [6, 6.07) is 1.94. The Balaban J connectivity index is 2.35. The summed E-state index contributed by atoms with van der Waals surface area (Å²) in [6.45, 7) is -0.350. The van der Waals surface area contributed by atoms with Crippen molar-refractivity contribution in [1.82, 2.24) is 4.31 Å². The number of hydrogen-bond acceptors (Lipinski definition) is 5. The van der Waals surface area contributed by atoms with Gasteiger partial charge in [-0.05, 0) is 0 Å². The fourth-order valence-electron chi connectivity index (χ4n) is 1.96. The summed E-state index contributed by atoms with van der Waals surface area (Å²) in [5.41, 5.74) is 0. The van der Waals surface area contributed by atoms with Gasteiger partial charge in [-0.3, -0.25) is 4.79 Å². The Labute approximate surface area is 120 Å². The van der Waals surface area contributed by atoms with E-state index in [0.29, 0.717) is 0 Å². The number of hydrogen-bond donors (Lipinski definition) is 1. The fraction of sp³-hybridized carbons (Fsp3) is 0.417. The number of benzene rings is 1. The van der Waals surface area contributed by atoms with Gasteiger partial charge in [-0.25, -0.2) is 12.8 Å². The summed E-state index contributed by atoms with van der Waals surface area (Å²) < 4.78 is 49.2. The number of carboxylic acid groups (broad SMARTS) is 1. The van der Waals surface area contributed by atoms with Crippen LogP contribution in [0.2, 0.25) is 0 Å². The molecule has 1 aromatic carbocycles. The van der Waals surface area contributed by atoms with Gasteiger partial charge in [0.25, 0.3) is 0 Å². The Bertz CT molecular complexity index is 669. The first-order valence-electron chi connectivity index (χ1n) is 5.95. The van der Waals surface area contributed by atoms with Crippen LogP contribution in [0.15, 0.2) is 17.0 Å². The monoisotopic (exact) mass is 319 g/mol. The molecule has 0 amide bonds. The molecule has 0 bridgehead atoms. The molecule has 7 nitrogen and oxygen atoms in total. The predicted octanol–water partition coefficient (Wildman–Crippen LogP) is 0.548. The quantitative estimate of drug-likeness (QED) is 0.852. The highest BCUT2D eigenvalue weighted by Crippen LogP contribution is 2.34. The number of methoxy groups -OCH3 is 2. The van der Waals surface area contributed by atoms with Crippen molar-refractivity contribution in [2.45, 2.75) is 4.90 Å². The van der Waals surface area contributed by atoms with E-state index in [4.69, 9.17) is 14.6 Å². The number of carboxylic acids is 1. The molecule has 1 heterocycles. The molecule has 0 spiro atoms. The maximum Gasteiger partial charge on any atom is 0.309 e. The first kappa shape index (κ1) is 15.5. The van der Waals surface area contributed by atoms with Gasteiger partial charge in [0.05, 0.1) is 20.1 Å². The summed E-state index contributed by atoms with van der Waals surface area (Å²) in [5, 5.41) is 8.76. The second-order valence-electron chi connectivity index (χ2n) is 4.49. The molecule has 1 aliphatic heterocycles.